The second-order valence-electron chi connectivity index (χ2n) is 3.11. The highest BCUT2D eigenvalue weighted by Gasteiger charge is 2.20. The predicted molar refractivity (Wildman–Crippen MR) is 54.6 cm³/mol. The number of aromatic nitrogens is 2. The van der Waals surface area contributed by atoms with Crippen molar-refractivity contribution < 1.29 is 22.9 Å². The number of nitrogens with one attached hydrogen (secondary N) is 1. The minimum absolute atomic E-state index is 0.0605. The lowest BCUT2D eigenvalue weighted by molar-refractivity contribution is -0.135. The van der Waals surface area contributed by atoms with Crippen molar-refractivity contribution in [3.05, 3.63) is 18.2 Å². The van der Waals surface area contributed by atoms with Gasteiger partial charge in [0.1, 0.15) is 17.0 Å². The lowest BCUT2D eigenvalue weighted by Crippen LogP contribution is -2.29. The quantitative estimate of drug-likeness (QED) is 0.762. The first-order valence-electron chi connectivity index (χ1n) is 4.43. The molecule has 9 heteroatoms. The van der Waals surface area contributed by atoms with E-state index in [1.165, 1.54) is 18.2 Å². The summed E-state index contributed by atoms with van der Waals surface area (Å²) < 4.78 is 29.9. The number of hydrogen-bond donors (Lipinski definition) is 2. The highest BCUT2D eigenvalue weighted by atomic mass is 32.2. The number of carboxylic acids is 1. The van der Waals surface area contributed by atoms with Gasteiger partial charge in [0, 0.05) is 0 Å². The van der Waals surface area contributed by atoms with Gasteiger partial charge < -0.3 is 5.11 Å². The largest absolute Gasteiger partial charge is 0.480 e. The van der Waals surface area contributed by atoms with E-state index in [9.17, 15) is 13.2 Å². The third-order valence-electron chi connectivity index (χ3n) is 1.95. The van der Waals surface area contributed by atoms with Gasteiger partial charge in [0.2, 0.25) is 10.0 Å². The fourth-order valence-corrected chi connectivity index (χ4v) is 2.36. The Morgan fingerprint density at radius 1 is 1.41 bits per heavy atom. The number of aliphatic carboxylic acids is 1. The molecule has 0 spiro atoms. The maximum Gasteiger partial charge on any atom is 0.318 e. The molecule has 2 aromatic rings. The summed E-state index contributed by atoms with van der Waals surface area (Å²) in [5, 5.41) is 15.4. The molecular weight excluding hydrogens is 250 g/mol. The predicted octanol–water partition coefficient (Wildman–Crippen LogP) is -0.414. The number of fused-ring (bicyclic) bond motifs is 1. The Morgan fingerprint density at radius 3 is 2.88 bits per heavy atom. The Labute approximate surface area is 95.2 Å². The van der Waals surface area contributed by atoms with Crippen LogP contribution in [0.4, 0.5) is 0 Å². The number of benzene rings is 1. The van der Waals surface area contributed by atoms with Crippen LogP contribution in [-0.2, 0) is 14.8 Å². The first kappa shape index (κ1) is 11.5. The lowest BCUT2D eigenvalue weighted by Gasteiger charge is -2.03. The van der Waals surface area contributed by atoms with Crippen molar-refractivity contribution in [2.45, 2.75) is 4.90 Å². The van der Waals surface area contributed by atoms with Crippen molar-refractivity contribution >= 4 is 27.0 Å². The maximum absolute atomic E-state index is 11.8. The van der Waals surface area contributed by atoms with Crippen LogP contribution in [0.3, 0.4) is 0 Å². The second-order valence-corrected chi connectivity index (χ2v) is 4.84. The Bertz CT molecular complexity index is 663. The third-order valence-corrected chi connectivity index (χ3v) is 3.38. The highest BCUT2D eigenvalue weighted by molar-refractivity contribution is 7.89. The minimum Gasteiger partial charge on any atom is -0.480 e. The van der Waals surface area contributed by atoms with Crippen LogP contribution in [0.2, 0.25) is 0 Å². The van der Waals surface area contributed by atoms with Crippen LogP contribution in [0.1, 0.15) is 0 Å². The molecule has 1 aromatic carbocycles. The molecule has 0 amide bonds. The van der Waals surface area contributed by atoms with Crippen molar-refractivity contribution in [2.24, 2.45) is 0 Å². The summed E-state index contributed by atoms with van der Waals surface area (Å²) in [6, 6.07) is 4.28. The zero-order valence-corrected chi connectivity index (χ0v) is 9.14. The van der Waals surface area contributed by atoms with Gasteiger partial charge in [0.05, 0.1) is 0 Å². The number of hydrogen-bond acceptors (Lipinski definition) is 6. The molecule has 1 aromatic heterocycles. The number of carboxylic acid groups (broad SMARTS) is 1. The van der Waals surface area contributed by atoms with Gasteiger partial charge in [0.15, 0.2) is 5.52 Å². The molecule has 0 atom stereocenters. The molecule has 0 bridgehead atoms. The van der Waals surface area contributed by atoms with E-state index in [2.05, 4.69) is 14.9 Å². The molecule has 0 saturated carbocycles. The fraction of sp³-hybridized carbons (Fsp3) is 0.125. The molecular formula is C8H7N3O5S. The molecule has 0 aliphatic rings. The van der Waals surface area contributed by atoms with Crippen LogP contribution >= 0.6 is 0 Å². The molecule has 1 heterocycles. The van der Waals surface area contributed by atoms with Gasteiger partial charge in [-0.3, -0.25) is 4.79 Å². The van der Waals surface area contributed by atoms with Gasteiger partial charge in [-0.2, -0.15) is 4.72 Å². The van der Waals surface area contributed by atoms with Crippen molar-refractivity contribution in [2.75, 3.05) is 6.54 Å². The average Bonchev–Trinajstić information content (AvgIpc) is 2.74. The van der Waals surface area contributed by atoms with E-state index in [0.29, 0.717) is 0 Å². The van der Waals surface area contributed by atoms with Crippen LogP contribution < -0.4 is 4.72 Å². The van der Waals surface area contributed by atoms with Crippen molar-refractivity contribution in [3.8, 4) is 0 Å². The molecule has 0 fully saturated rings. The van der Waals surface area contributed by atoms with Crippen molar-refractivity contribution in [3.63, 3.8) is 0 Å². The summed E-state index contributed by atoms with van der Waals surface area (Å²) in [6.45, 7) is -0.704. The Balaban J connectivity index is 2.45. The standard InChI is InChI=1S/C8H7N3O5S/c12-7(13)4-9-17(14,15)6-3-1-2-5-8(6)11-16-10-5/h1-3,9H,4H2,(H,12,13). The molecule has 0 aliphatic heterocycles. The van der Waals surface area contributed by atoms with E-state index in [0.717, 1.165) is 0 Å². The van der Waals surface area contributed by atoms with Gasteiger partial charge in [-0.1, -0.05) is 6.07 Å². The monoisotopic (exact) mass is 257 g/mol. The van der Waals surface area contributed by atoms with E-state index in [4.69, 9.17) is 5.11 Å². The molecule has 0 unspecified atom stereocenters. The zero-order chi connectivity index (χ0) is 12.5. The molecule has 8 nitrogen and oxygen atoms in total. The summed E-state index contributed by atoms with van der Waals surface area (Å²) >= 11 is 0. The van der Waals surface area contributed by atoms with Gasteiger partial charge in [-0.25, -0.2) is 13.0 Å². The van der Waals surface area contributed by atoms with E-state index < -0.39 is 22.5 Å². The number of carbonyl (C=O) groups is 1. The summed E-state index contributed by atoms with van der Waals surface area (Å²) in [4.78, 5) is 10.1. The second kappa shape index (κ2) is 4.11. The highest BCUT2D eigenvalue weighted by Crippen LogP contribution is 2.19. The summed E-state index contributed by atoms with van der Waals surface area (Å²) in [5.74, 6) is -1.28. The van der Waals surface area contributed by atoms with E-state index >= 15 is 0 Å². The van der Waals surface area contributed by atoms with E-state index in [1.54, 1.807) is 0 Å². The molecule has 2 rings (SSSR count). The normalized spacial score (nSPS) is 11.8. The van der Waals surface area contributed by atoms with Crippen LogP contribution in [0.5, 0.6) is 0 Å². The van der Waals surface area contributed by atoms with Gasteiger partial charge in [-0.05, 0) is 22.4 Å². The van der Waals surface area contributed by atoms with Crippen LogP contribution in [0.25, 0.3) is 11.0 Å². The first-order chi connectivity index (χ1) is 8.00. The number of rotatable bonds is 4. The number of sulfonamides is 1. The molecule has 0 saturated heterocycles. The van der Waals surface area contributed by atoms with Gasteiger partial charge in [-0.15, -0.1) is 0 Å². The van der Waals surface area contributed by atoms with E-state index in [1.807, 2.05) is 4.72 Å². The van der Waals surface area contributed by atoms with Crippen molar-refractivity contribution in [1.29, 1.82) is 0 Å². The smallest absolute Gasteiger partial charge is 0.318 e. The van der Waals surface area contributed by atoms with Gasteiger partial charge in [0.25, 0.3) is 0 Å². The van der Waals surface area contributed by atoms with E-state index in [-0.39, 0.29) is 15.9 Å². The van der Waals surface area contributed by atoms with Gasteiger partial charge >= 0.3 is 5.97 Å². The molecule has 17 heavy (non-hydrogen) atoms. The summed E-state index contributed by atoms with van der Waals surface area (Å²) in [6.07, 6.45) is 0. The summed E-state index contributed by atoms with van der Waals surface area (Å²) in [7, 11) is -3.95. The Hall–Kier alpha value is -2.00. The van der Waals surface area contributed by atoms with Crippen LogP contribution in [-0.4, -0.2) is 36.4 Å². The zero-order valence-electron chi connectivity index (χ0n) is 8.32. The molecule has 0 radical (unpaired) electrons. The van der Waals surface area contributed by atoms with Crippen molar-refractivity contribution in [1.82, 2.24) is 15.0 Å². The Morgan fingerprint density at radius 2 is 2.18 bits per heavy atom. The molecule has 2 N–H and O–H groups in total. The van der Waals surface area contributed by atoms with Crippen LogP contribution in [0, 0.1) is 0 Å². The third kappa shape index (κ3) is 2.24. The maximum atomic E-state index is 11.8. The first-order valence-corrected chi connectivity index (χ1v) is 5.92. The van der Waals surface area contributed by atoms with Crippen LogP contribution in [0.15, 0.2) is 27.7 Å². The summed E-state index contributed by atoms with van der Waals surface area (Å²) in [5.41, 5.74) is 0.341. The fourth-order valence-electron chi connectivity index (χ4n) is 1.23. The topological polar surface area (TPSA) is 122 Å². The average molecular weight is 257 g/mol. The Kier molecular flexibility index (Phi) is 2.77. The molecule has 0 aliphatic carbocycles. The number of nitrogens with zero attached hydrogens (tertiary/aromatic N) is 2. The SMILES string of the molecule is O=C(O)CNS(=O)(=O)c1cccc2nonc12. The lowest BCUT2D eigenvalue weighted by atomic mass is 10.3. The molecule has 90 valence electrons. The minimum atomic E-state index is -3.95.